The lowest BCUT2D eigenvalue weighted by atomic mass is 10.1. The maximum atomic E-state index is 11.7. The average Bonchev–Trinajstić information content (AvgIpc) is 2.53. The fraction of sp³-hybridized carbons (Fsp3) is 0.556. The molecular weight excluding hydrogens is 292 g/mol. The maximum Gasteiger partial charge on any atom is 0.407 e. The molecule has 1 aromatic rings. The van der Waals surface area contributed by atoms with Crippen molar-refractivity contribution in [3.05, 3.63) is 35.4 Å². The van der Waals surface area contributed by atoms with Crippen LogP contribution in [0.15, 0.2) is 24.3 Å². The molecule has 5 heteroatoms. The van der Waals surface area contributed by atoms with Crippen LogP contribution in [0.5, 0.6) is 0 Å². The van der Waals surface area contributed by atoms with E-state index < -0.39 is 6.09 Å². The molecule has 0 radical (unpaired) electrons. The van der Waals surface area contributed by atoms with E-state index in [-0.39, 0.29) is 18.4 Å². The first-order valence-electron chi connectivity index (χ1n) is 8.17. The van der Waals surface area contributed by atoms with Crippen LogP contribution in [0, 0.1) is 5.92 Å². The van der Waals surface area contributed by atoms with Gasteiger partial charge in [0.2, 0.25) is 5.91 Å². The van der Waals surface area contributed by atoms with Gasteiger partial charge in [-0.3, -0.25) is 4.79 Å². The number of amides is 2. The fourth-order valence-electron chi connectivity index (χ4n) is 2.17. The highest BCUT2D eigenvalue weighted by molar-refractivity contribution is 5.77. The third-order valence-corrected chi connectivity index (χ3v) is 3.52. The average molecular weight is 320 g/mol. The molecular formula is C18H28N2O3. The molecule has 0 aromatic heterocycles. The normalized spacial score (nSPS) is 10.5. The molecule has 128 valence electrons. The van der Waals surface area contributed by atoms with E-state index >= 15 is 0 Å². The van der Waals surface area contributed by atoms with Crippen molar-refractivity contribution in [3.63, 3.8) is 0 Å². The maximum absolute atomic E-state index is 11.7. The molecule has 0 spiro atoms. The van der Waals surface area contributed by atoms with Crippen molar-refractivity contribution in [1.29, 1.82) is 0 Å². The molecule has 2 amide bonds. The lowest BCUT2D eigenvalue weighted by molar-refractivity contribution is -0.133. The van der Waals surface area contributed by atoms with Crippen LogP contribution in [0.3, 0.4) is 0 Å². The number of nitrogens with one attached hydrogen (secondary N) is 1. The highest BCUT2D eigenvalue weighted by Crippen LogP contribution is 2.07. The van der Waals surface area contributed by atoms with Crippen molar-refractivity contribution >= 4 is 12.0 Å². The molecule has 0 aliphatic heterocycles. The number of alkyl carbamates (subject to hydrolysis) is 1. The first-order chi connectivity index (χ1) is 10.9. The second kappa shape index (κ2) is 9.87. The van der Waals surface area contributed by atoms with E-state index in [2.05, 4.69) is 24.4 Å². The van der Waals surface area contributed by atoms with E-state index in [1.165, 1.54) is 5.56 Å². The van der Waals surface area contributed by atoms with Gasteiger partial charge in [-0.1, -0.05) is 51.5 Å². The smallest absolute Gasteiger partial charge is 0.407 e. The molecule has 0 aliphatic carbocycles. The van der Waals surface area contributed by atoms with E-state index in [1.54, 1.807) is 11.9 Å². The summed E-state index contributed by atoms with van der Waals surface area (Å²) in [6.07, 6.45) is 1.71. The number of ether oxygens (including phenoxy) is 1. The Kier molecular flexibility index (Phi) is 8.16. The molecule has 0 unspecified atom stereocenters. The molecule has 1 N–H and O–H groups in total. The van der Waals surface area contributed by atoms with E-state index in [0.717, 1.165) is 18.4 Å². The van der Waals surface area contributed by atoms with Crippen molar-refractivity contribution in [2.45, 2.75) is 40.2 Å². The van der Waals surface area contributed by atoms with Crippen LogP contribution in [0.2, 0.25) is 0 Å². The van der Waals surface area contributed by atoms with Crippen LogP contribution >= 0.6 is 0 Å². The summed E-state index contributed by atoms with van der Waals surface area (Å²) in [6.45, 7) is 6.95. The Morgan fingerprint density at radius 1 is 1.17 bits per heavy atom. The van der Waals surface area contributed by atoms with Gasteiger partial charge in [-0.05, 0) is 17.5 Å². The molecule has 5 nitrogen and oxygen atoms in total. The zero-order chi connectivity index (χ0) is 17.2. The van der Waals surface area contributed by atoms with Gasteiger partial charge in [-0.15, -0.1) is 0 Å². The van der Waals surface area contributed by atoms with Gasteiger partial charge in [0.15, 0.2) is 0 Å². The summed E-state index contributed by atoms with van der Waals surface area (Å²) >= 11 is 0. The number of benzene rings is 1. The minimum Gasteiger partial charge on any atom is -0.445 e. The number of likely N-dealkylation sites (N-methyl/N-ethyl adjacent to an activating group) is 1. The zero-order valence-corrected chi connectivity index (χ0v) is 14.6. The van der Waals surface area contributed by atoms with E-state index in [1.807, 2.05) is 26.0 Å². The number of carbonyl (C=O) groups is 2. The Morgan fingerprint density at radius 2 is 1.78 bits per heavy atom. The highest BCUT2D eigenvalue weighted by Gasteiger charge is 2.12. The van der Waals surface area contributed by atoms with E-state index in [9.17, 15) is 9.59 Å². The van der Waals surface area contributed by atoms with Crippen LogP contribution in [0.1, 0.15) is 38.3 Å². The van der Waals surface area contributed by atoms with Crippen LogP contribution in [0.4, 0.5) is 4.79 Å². The zero-order valence-electron chi connectivity index (χ0n) is 14.6. The fourth-order valence-corrected chi connectivity index (χ4v) is 2.17. The second-order valence-corrected chi connectivity index (χ2v) is 5.98. The quantitative estimate of drug-likeness (QED) is 0.801. The number of hydrogen-bond acceptors (Lipinski definition) is 3. The van der Waals surface area contributed by atoms with E-state index in [0.29, 0.717) is 13.1 Å². The minimum absolute atomic E-state index is 0.0392. The lowest BCUT2D eigenvalue weighted by Crippen LogP contribution is -2.38. The topological polar surface area (TPSA) is 58.6 Å². The van der Waals surface area contributed by atoms with Crippen molar-refractivity contribution in [2.75, 3.05) is 20.1 Å². The molecule has 0 fully saturated rings. The van der Waals surface area contributed by atoms with Crippen molar-refractivity contribution in [3.8, 4) is 0 Å². The SMILES string of the molecule is CCCc1ccc(COC(=O)NCCN(C)C(=O)C(C)C)cc1. The van der Waals surface area contributed by atoms with Crippen LogP contribution in [-0.2, 0) is 22.6 Å². The predicted octanol–water partition coefficient (Wildman–Crippen LogP) is 2.98. The summed E-state index contributed by atoms with van der Waals surface area (Å²) in [5.41, 5.74) is 2.26. The Labute approximate surface area is 139 Å². The summed E-state index contributed by atoms with van der Waals surface area (Å²) in [5.74, 6) is 0.0231. The first-order valence-corrected chi connectivity index (χ1v) is 8.17. The van der Waals surface area contributed by atoms with Crippen LogP contribution in [0.25, 0.3) is 0 Å². The van der Waals surface area contributed by atoms with Gasteiger partial charge in [-0.25, -0.2) is 4.79 Å². The van der Waals surface area contributed by atoms with Gasteiger partial charge in [-0.2, -0.15) is 0 Å². The van der Waals surface area contributed by atoms with Crippen LogP contribution < -0.4 is 5.32 Å². The van der Waals surface area contributed by atoms with E-state index in [4.69, 9.17) is 4.74 Å². The van der Waals surface area contributed by atoms with Gasteiger partial charge in [0, 0.05) is 26.1 Å². The monoisotopic (exact) mass is 320 g/mol. The Balaban J connectivity index is 2.25. The minimum atomic E-state index is -0.465. The molecule has 0 heterocycles. The number of rotatable bonds is 8. The Hall–Kier alpha value is -2.04. The number of aryl methyl sites for hydroxylation is 1. The van der Waals surface area contributed by atoms with Gasteiger partial charge >= 0.3 is 6.09 Å². The summed E-state index contributed by atoms with van der Waals surface area (Å²) in [4.78, 5) is 24.9. The molecule has 0 bridgehead atoms. The van der Waals surface area contributed by atoms with Gasteiger partial charge in [0.1, 0.15) is 6.61 Å². The largest absolute Gasteiger partial charge is 0.445 e. The standard InChI is InChI=1S/C18H28N2O3/c1-5-6-15-7-9-16(10-8-15)13-23-18(22)19-11-12-20(4)17(21)14(2)3/h7-10,14H,5-6,11-13H2,1-4H3,(H,19,22). The molecule has 1 aromatic carbocycles. The summed E-state index contributed by atoms with van der Waals surface area (Å²) < 4.78 is 5.16. The Bertz CT molecular complexity index is 497. The van der Waals surface area contributed by atoms with Crippen molar-refractivity contribution in [2.24, 2.45) is 5.92 Å². The first kappa shape index (κ1) is 19.0. The number of hydrogen-bond donors (Lipinski definition) is 1. The molecule has 0 saturated carbocycles. The Morgan fingerprint density at radius 3 is 2.35 bits per heavy atom. The molecule has 23 heavy (non-hydrogen) atoms. The summed E-state index contributed by atoms with van der Waals surface area (Å²) in [6, 6.07) is 8.08. The van der Waals surface area contributed by atoms with Crippen molar-refractivity contribution < 1.29 is 14.3 Å². The molecule has 1 rings (SSSR count). The predicted molar refractivity (Wildman–Crippen MR) is 91.1 cm³/mol. The summed E-state index contributed by atoms with van der Waals surface area (Å²) in [7, 11) is 1.73. The molecule has 0 atom stereocenters. The van der Waals surface area contributed by atoms with Gasteiger partial charge in [0.25, 0.3) is 0 Å². The lowest BCUT2D eigenvalue weighted by Gasteiger charge is -2.19. The number of nitrogens with zero attached hydrogens (tertiary/aromatic N) is 1. The highest BCUT2D eigenvalue weighted by atomic mass is 16.5. The molecule has 0 saturated heterocycles. The van der Waals surface area contributed by atoms with Gasteiger partial charge < -0.3 is 15.0 Å². The third kappa shape index (κ3) is 7.17. The van der Waals surface area contributed by atoms with Gasteiger partial charge in [0.05, 0.1) is 0 Å². The van der Waals surface area contributed by atoms with Crippen LogP contribution in [-0.4, -0.2) is 37.0 Å². The van der Waals surface area contributed by atoms with Crippen molar-refractivity contribution in [1.82, 2.24) is 10.2 Å². The summed E-state index contributed by atoms with van der Waals surface area (Å²) in [5, 5.41) is 2.65. The third-order valence-electron chi connectivity index (χ3n) is 3.52. The molecule has 0 aliphatic rings. The second-order valence-electron chi connectivity index (χ2n) is 5.98. The number of carbonyl (C=O) groups excluding carboxylic acids is 2.